The molecule has 6 nitrogen and oxygen atoms in total. The van der Waals surface area contributed by atoms with Crippen molar-refractivity contribution in [1.82, 2.24) is 16.0 Å². The number of methoxy groups -OCH3 is 1. The van der Waals surface area contributed by atoms with Crippen LogP contribution in [0.5, 0.6) is 5.75 Å². The van der Waals surface area contributed by atoms with Gasteiger partial charge in [0.1, 0.15) is 5.75 Å². The van der Waals surface area contributed by atoms with Crippen molar-refractivity contribution < 1.29 is 9.53 Å². The molecule has 6 heteroatoms. The van der Waals surface area contributed by atoms with E-state index in [-0.39, 0.29) is 5.91 Å². The first kappa shape index (κ1) is 21.3. The van der Waals surface area contributed by atoms with Gasteiger partial charge in [0.15, 0.2) is 5.96 Å². The predicted octanol–water partition coefficient (Wildman–Crippen LogP) is 2.40. The van der Waals surface area contributed by atoms with Crippen LogP contribution in [0.25, 0.3) is 0 Å². The fourth-order valence-electron chi connectivity index (χ4n) is 2.89. The van der Waals surface area contributed by atoms with Crippen LogP contribution >= 0.6 is 0 Å². The summed E-state index contributed by atoms with van der Waals surface area (Å²) in [5.74, 6) is 1.61. The first-order valence-electron chi connectivity index (χ1n) is 9.54. The fourth-order valence-corrected chi connectivity index (χ4v) is 2.89. The molecule has 1 amide bonds. The molecular weight excluding hydrogens is 352 g/mol. The summed E-state index contributed by atoms with van der Waals surface area (Å²) in [5.41, 5.74) is 3.06. The molecule has 150 valence electrons. The number of hydrogen-bond donors (Lipinski definition) is 3. The van der Waals surface area contributed by atoms with Crippen LogP contribution in [-0.4, -0.2) is 46.2 Å². The summed E-state index contributed by atoms with van der Waals surface area (Å²) < 4.78 is 5.26. The highest BCUT2D eigenvalue weighted by Crippen LogP contribution is 2.13. The third-order valence-corrected chi connectivity index (χ3v) is 4.41. The summed E-state index contributed by atoms with van der Waals surface area (Å²) in [7, 11) is 5.09. The molecule has 0 aliphatic heterocycles. The SMILES string of the molecule is CN=C(NCCCc1cccc(OC)c1)NCCc1cccc(C(=O)NC)c1. The van der Waals surface area contributed by atoms with Crippen LogP contribution in [0.4, 0.5) is 0 Å². The van der Waals surface area contributed by atoms with E-state index in [1.54, 1.807) is 21.2 Å². The van der Waals surface area contributed by atoms with E-state index in [0.29, 0.717) is 5.56 Å². The number of carbonyl (C=O) groups excluding carboxylic acids is 1. The second kappa shape index (κ2) is 11.6. The Balaban J connectivity index is 1.70. The molecule has 0 saturated carbocycles. The van der Waals surface area contributed by atoms with E-state index >= 15 is 0 Å². The van der Waals surface area contributed by atoms with E-state index in [1.807, 2.05) is 36.4 Å². The van der Waals surface area contributed by atoms with E-state index in [0.717, 1.165) is 49.6 Å². The molecule has 0 heterocycles. The van der Waals surface area contributed by atoms with Gasteiger partial charge in [-0.25, -0.2) is 0 Å². The Labute approximate surface area is 167 Å². The Morgan fingerprint density at radius 1 is 1.00 bits per heavy atom. The van der Waals surface area contributed by atoms with Crippen LogP contribution < -0.4 is 20.7 Å². The Kier molecular flexibility index (Phi) is 8.85. The number of ether oxygens (including phenoxy) is 1. The van der Waals surface area contributed by atoms with E-state index in [2.05, 4.69) is 33.1 Å². The van der Waals surface area contributed by atoms with Gasteiger partial charge < -0.3 is 20.7 Å². The maximum Gasteiger partial charge on any atom is 0.251 e. The van der Waals surface area contributed by atoms with E-state index in [4.69, 9.17) is 4.74 Å². The van der Waals surface area contributed by atoms with Gasteiger partial charge in [0.25, 0.3) is 5.91 Å². The van der Waals surface area contributed by atoms with Crippen molar-refractivity contribution in [2.75, 3.05) is 34.3 Å². The van der Waals surface area contributed by atoms with Crippen molar-refractivity contribution in [3.8, 4) is 5.75 Å². The molecule has 2 aromatic carbocycles. The number of nitrogens with zero attached hydrogens (tertiary/aromatic N) is 1. The highest BCUT2D eigenvalue weighted by molar-refractivity contribution is 5.94. The number of benzene rings is 2. The molecule has 2 aromatic rings. The molecule has 0 aromatic heterocycles. The molecular formula is C22H30N4O2. The zero-order valence-electron chi connectivity index (χ0n) is 16.9. The normalized spacial score (nSPS) is 11.0. The van der Waals surface area contributed by atoms with E-state index < -0.39 is 0 Å². The average molecular weight is 383 g/mol. The van der Waals surface area contributed by atoms with Gasteiger partial charge in [0, 0.05) is 32.7 Å². The molecule has 0 bridgehead atoms. The molecule has 28 heavy (non-hydrogen) atoms. The van der Waals surface area contributed by atoms with Gasteiger partial charge in [0.05, 0.1) is 7.11 Å². The van der Waals surface area contributed by atoms with E-state index in [1.165, 1.54) is 5.56 Å². The Morgan fingerprint density at radius 3 is 2.43 bits per heavy atom. The minimum absolute atomic E-state index is 0.0664. The number of aliphatic imine (C=N–C) groups is 1. The smallest absolute Gasteiger partial charge is 0.251 e. The number of hydrogen-bond acceptors (Lipinski definition) is 3. The lowest BCUT2D eigenvalue weighted by atomic mass is 10.1. The minimum Gasteiger partial charge on any atom is -0.497 e. The maximum atomic E-state index is 11.7. The molecule has 0 radical (unpaired) electrons. The quantitative estimate of drug-likeness (QED) is 0.354. The molecule has 0 spiro atoms. The van der Waals surface area contributed by atoms with Crippen LogP contribution in [0.15, 0.2) is 53.5 Å². The van der Waals surface area contributed by atoms with Crippen molar-refractivity contribution in [2.45, 2.75) is 19.3 Å². The van der Waals surface area contributed by atoms with Crippen LogP contribution in [0.3, 0.4) is 0 Å². The van der Waals surface area contributed by atoms with Gasteiger partial charge in [-0.15, -0.1) is 0 Å². The van der Waals surface area contributed by atoms with Gasteiger partial charge in [0.2, 0.25) is 0 Å². The largest absolute Gasteiger partial charge is 0.497 e. The lowest BCUT2D eigenvalue weighted by molar-refractivity contribution is 0.0963. The molecule has 0 atom stereocenters. The zero-order chi connectivity index (χ0) is 20.2. The number of aryl methyl sites for hydroxylation is 1. The van der Waals surface area contributed by atoms with Crippen molar-refractivity contribution in [1.29, 1.82) is 0 Å². The van der Waals surface area contributed by atoms with E-state index in [9.17, 15) is 4.79 Å². The van der Waals surface area contributed by atoms with Crippen LogP contribution in [0, 0.1) is 0 Å². The van der Waals surface area contributed by atoms with Crippen molar-refractivity contribution in [2.24, 2.45) is 4.99 Å². The summed E-state index contributed by atoms with van der Waals surface area (Å²) in [6, 6.07) is 15.8. The number of nitrogens with one attached hydrogen (secondary N) is 3. The molecule has 2 rings (SSSR count). The average Bonchev–Trinajstić information content (AvgIpc) is 2.75. The van der Waals surface area contributed by atoms with Crippen LogP contribution in [0.1, 0.15) is 27.9 Å². The Hall–Kier alpha value is -3.02. The van der Waals surface area contributed by atoms with Crippen molar-refractivity contribution in [3.63, 3.8) is 0 Å². The van der Waals surface area contributed by atoms with Gasteiger partial charge in [-0.1, -0.05) is 24.3 Å². The molecule has 0 unspecified atom stereocenters. The van der Waals surface area contributed by atoms with Crippen LogP contribution in [0.2, 0.25) is 0 Å². The lowest BCUT2D eigenvalue weighted by Gasteiger charge is -2.12. The molecule has 0 saturated heterocycles. The molecule has 0 fully saturated rings. The molecule has 3 N–H and O–H groups in total. The second-order valence-electron chi connectivity index (χ2n) is 6.41. The second-order valence-corrected chi connectivity index (χ2v) is 6.41. The molecule has 0 aliphatic rings. The highest BCUT2D eigenvalue weighted by atomic mass is 16.5. The zero-order valence-corrected chi connectivity index (χ0v) is 16.9. The van der Waals surface area contributed by atoms with Gasteiger partial charge in [-0.2, -0.15) is 0 Å². The number of guanidine groups is 1. The van der Waals surface area contributed by atoms with Crippen molar-refractivity contribution in [3.05, 3.63) is 65.2 Å². The summed E-state index contributed by atoms with van der Waals surface area (Å²) in [6.45, 7) is 1.58. The first-order valence-corrected chi connectivity index (χ1v) is 9.54. The number of carbonyl (C=O) groups is 1. The predicted molar refractivity (Wildman–Crippen MR) is 114 cm³/mol. The standard InChI is InChI=1S/C22H30N4O2/c1-23-21(27)19-10-4-7-18(15-19)12-14-26-22(24-2)25-13-6-9-17-8-5-11-20(16-17)28-3/h4-5,7-8,10-11,15-16H,6,9,12-14H2,1-3H3,(H,23,27)(H2,24,25,26). The van der Waals surface area contributed by atoms with Gasteiger partial charge >= 0.3 is 0 Å². The Bertz CT molecular complexity index is 790. The third-order valence-electron chi connectivity index (χ3n) is 4.41. The fraction of sp³-hybridized carbons (Fsp3) is 0.364. The number of rotatable bonds is 9. The van der Waals surface area contributed by atoms with Gasteiger partial charge in [-0.05, 0) is 54.7 Å². The van der Waals surface area contributed by atoms with Crippen molar-refractivity contribution >= 4 is 11.9 Å². The highest BCUT2D eigenvalue weighted by Gasteiger charge is 2.04. The number of amides is 1. The first-order chi connectivity index (χ1) is 13.7. The maximum absolute atomic E-state index is 11.7. The summed E-state index contributed by atoms with van der Waals surface area (Å²) in [5, 5.41) is 9.30. The topological polar surface area (TPSA) is 74.8 Å². The summed E-state index contributed by atoms with van der Waals surface area (Å²) in [6.07, 6.45) is 2.80. The minimum atomic E-state index is -0.0664. The monoisotopic (exact) mass is 382 g/mol. The lowest BCUT2D eigenvalue weighted by Crippen LogP contribution is -2.38. The Morgan fingerprint density at radius 2 is 1.71 bits per heavy atom. The summed E-state index contributed by atoms with van der Waals surface area (Å²) in [4.78, 5) is 16.0. The van der Waals surface area contributed by atoms with Crippen LogP contribution in [-0.2, 0) is 12.8 Å². The third kappa shape index (κ3) is 6.95. The molecule has 0 aliphatic carbocycles. The summed E-state index contributed by atoms with van der Waals surface area (Å²) >= 11 is 0. The van der Waals surface area contributed by atoms with Gasteiger partial charge in [-0.3, -0.25) is 9.79 Å².